The third kappa shape index (κ3) is 6.28. The Kier molecular flexibility index (Phi) is 7.83. The molecule has 6 nitrogen and oxygen atoms in total. The van der Waals surface area contributed by atoms with Crippen molar-refractivity contribution in [2.75, 3.05) is 7.11 Å². The van der Waals surface area contributed by atoms with Gasteiger partial charge in [0.25, 0.3) is 0 Å². The highest BCUT2D eigenvalue weighted by atomic mass is 16.5. The Bertz CT molecular complexity index is 1130. The summed E-state index contributed by atoms with van der Waals surface area (Å²) >= 11 is 0. The molecule has 3 aliphatic carbocycles. The van der Waals surface area contributed by atoms with Gasteiger partial charge in [-0.25, -0.2) is 4.79 Å². The van der Waals surface area contributed by atoms with Gasteiger partial charge in [0.05, 0.1) is 5.56 Å². The minimum absolute atomic E-state index is 0.00917. The molecule has 1 fully saturated rings. The summed E-state index contributed by atoms with van der Waals surface area (Å²) in [6, 6.07) is 23.2. The van der Waals surface area contributed by atoms with Gasteiger partial charge in [-0.1, -0.05) is 48.5 Å². The number of para-hydroxylation sites is 1. The van der Waals surface area contributed by atoms with E-state index in [1.165, 1.54) is 25.2 Å². The maximum absolute atomic E-state index is 11.8. The molecular weight excluding hydrogens is 444 g/mol. The number of aliphatic carboxylic acids is 1. The number of ether oxygens (including phenoxy) is 3. The second-order valence-electron chi connectivity index (χ2n) is 8.83. The number of carboxylic acids is 1. The summed E-state index contributed by atoms with van der Waals surface area (Å²) in [5, 5.41) is 9.08. The molecule has 0 amide bonds. The van der Waals surface area contributed by atoms with Gasteiger partial charge in [0, 0.05) is 20.0 Å². The highest BCUT2D eigenvalue weighted by Crippen LogP contribution is 2.30. The fourth-order valence-corrected chi connectivity index (χ4v) is 4.20. The predicted octanol–water partition coefficient (Wildman–Crippen LogP) is 5.58. The van der Waals surface area contributed by atoms with Gasteiger partial charge < -0.3 is 19.3 Å². The van der Waals surface area contributed by atoms with Crippen LogP contribution in [-0.4, -0.2) is 42.3 Å². The molecule has 0 aliphatic heterocycles. The van der Waals surface area contributed by atoms with E-state index in [1.54, 1.807) is 6.07 Å². The lowest BCUT2D eigenvalue weighted by Gasteiger charge is -2.17. The van der Waals surface area contributed by atoms with E-state index < -0.39 is 12.1 Å². The van der Waals surface area contributed by atoms with Crippen LogP contribution in [0, 0.1) is 0 Å². The highest BCUT2D eigenvalue weighted by molar-refractivity contribution is 5.96. The van der Waals surface area contributed by atoms with Gasteiger partial charge in [-0.2, -0.15) is 0 Å². The standard InChI is InChI=1S/C23H26O6.C6H4/c1-15(24)20-5-3-4-6-21(20)29-19-12-11-18(14-19)28-17-9-7-16(8-10-17)13-22(27-2)23(25)26;1-2-6-4-3-5(1)6/h3-10,18-19,22H,11-14H2,1-2H3,(H,25,26);1-4H. The van der Waals surface area contributed by atoms with Crippen LogP contribution in [0.2, 0.25) is 0 Å². The van der Waals surface area contributed by atoms with E-state index in [4.69, 9.17) is 19.3 Å². The van der Waals surface area contributed by atoms with E-state index in [9.17, 15) is 9.59 Å². The molecule has 0 heterocycles. The number of fused-ring (bicyclic) bond motifs is 1. The Morgan fingerprint density at radius 2 is 1.49 bits per heavy atom. The largest absolute Gasteiger partial charge is 0.490 e. The van der Waals surface area contributed by atoms with Gasteiger partial charge in [0.1, 0.15) is 23.7 Å². The third-order valence-corrected chi connectivity index (χ3v) is 6.32. The molecule has 0 aromatic heterocycles. The topological polar surface area (TPSA) is 82.1 Å². The van der Waals surface area contributed by atoms with Crippen LogP contribution in [0.3, 0.4) is 0 Å². The molecular formula is C29H30O6. The smallest absolute Gasteiger partial charge is 0.333 e. The predicted molar refractivity (Wildman–Crippen MR) is 133 cm³/mol. The Hall–Kier alpha value is -3.64. The first-order valence-electron chi connectivity index (χ1n) is 11.8. The molecule has 5 rings (SSSR count). The second-order valence-corrected chi connectivity index (χ2v) is 8.83. The lowest BCUT2D eigenvalue weighted by atomic mass is 9.95. The molecule has 1 N–H and O–H groups in total. The molecule has 0 bridgehead atoms. The van der Waals surface area contributed by atoms with Crippen molar-refractivity contribution in [3.8, 4) is 22.6 Å². The van der Waals surface area contributed by atoms with Crippen molar-refractivity contribution in [1.29, 1.82) is 0 Å². The molecule has 2 aromatic carbocycles. The number of rotatable bonds is 9. The van der Waals surface area contributed by atoms with E-state index in [0.717, 1.165) is 30.6 Å². The van der Waals surface area contributed by atoms with Crippen molar-refractivity contribution >= 4 is 11.8 Å². The summed E-state index contributed by atoms with van der Waals surface area (Å²) in [4.78, 5) is 22.8. The average Bonchev–Trinajstić information content (AvgIpc) is 3.27. The Balaban J connectivity index is 0.000000411. The third-order valence-electron chi connectivity index (χ3n) is 6.32. The van der Waals surface area contributed by atoms with Gasteiger partial charge in [-0.3, -0.25) is 4.79 Å². The molecule has 2 aromatic rings. The Labute approximate surface area is 205 Å². The number of carboxylic acid groups (broad SMARTS) is 1. The normalized spacial score (nSPS) is 18.1. The maximum atomic E-state index is 11.8. The van der Waals surface area contributed by atoms with E-state index in [1.807, 2.05) is 42.5 Å². The van der Waals surface area contributed by atoms with Crippen LogP contribution in [-0.2, 0) is 16.0 Å². The van der Waals surface area contributed by atoms with Crippen LogP contribution in [0.4, 0.5) is 0 Å². The molecule has 0 saturated heterocycles. The number of ketones is 1. The van der Waals surface area contributed by atoms with Crippen molar-refractivity contribution in [3.63, 3.8) is 0 Å². The zero-order valence-electron chi connectivity index (χ0n) is 20.0. The summed E-state index contributed by atoms with van der Waals surface area (Å²) in [6.45, 7) is 1.54. The van der Waals surface area contributed by atoms with Gasteiger partial charge in [0.15, 0.2) is 11.9 Å². The van der Waals surface area contributed by atoms with Gasteiger partial charge in [0.2, 0.25) is 0 Å². The summed E-state index contributed by atoms with van der Waals surface area (Å²) < 4.78 is 17.1. The molecule has 3 aliphatic rings. The number of Topliss-reactive ketones (excluding diaryl/α,β-unsaturated/α-hetero) is 1. The summed E-state index contributed by atoms with van der Waals surface area (Å²) in [5.41, 5.74) is 4.33. The molecule has 0 spiro atoms. The zero-order chi connectivity index (χ0) is 24.8. The zero-order valence-corrected chi connectivity index (χ0v) is 20.0. The average molecular weight is 475 g/mol. The minimum Gasteiger partial charge on any atom is -0.490 e. The Morgan fingerprint density at radius 3 is 2.00 bits per heavy atom. The molecule has 6 heteroatoms. The van der Waals surface area contributed by atoms with Crippen molar-refractivity contribution in [1.82, 2.24) is 0 Å². The van der Waals surface area contributed by atoms with Crippen LogP contribution in [0.15, 0.2) is 72.8 Å². The fourth-order valence-electron chi connectivity index (χ4n) is 4.20. The lowest BCUT2D eigenvalue weighted by Crippen LogP contribution is -2.24. The Morgan fingerprint density at radius 1 is 0.886 bits per heavy atom. The minimum atomic E-state index is -0.976. The fraction of sp³-hybridized carbons (Fsp3) is 0.310. The lowest BCUT2D eigenvalue weighted by molar-refractivity contribution is -0.148. The number of methoxy groups -OCH3 is 1. The van der Waals surface area contributed by atoms with Crippen LogP contribution in [0.25, 0.3) is 11.1 Å². The van der Waals surface area contributed by atoms with Gasteiger partial charge in [-0.15, -0.1) is 0 Å². The van der Waals surface area contributed by atoms with E-state index in [0.29, 0.717) is 17.7 Å². The monoisotopic (exact) mass is 474 g/mol. The molecule has 35 heavy (non-hydrogen) atoms. The number of hydrogen-bond acceptors (Lipinski definition) is 5. The summed E-state index contributed by atoms with van der Waals surface area (Å²) in [6.07, 6.45) is 1.99. The number of benzene rings is 3. The maximum Gasteiger partial charge on any atom is 0.333 e. The molecule has 3 atom stereocenters. The van der Waals surface area contributed by atoms with Gasteiger partial charge in [-0.05, 0) is 60.7 Å². The molecule has 182 valence electrons. The van der Waals surface area contributed by atoms with Crippen LogP contribution >= 0.6 is 0 Å². The number of carbonyl (C=O) groups is 2. The number of carbonyl (C=O) groups excluding carboxylic acids is 1. The first kappa shape index (κ1) is 24.5. The summed E-state index contributed by atoms with van der Waals surface area (Å²) in [5.74, 6) is 0.384. The van der Waals surface area contributed by atoms with Crippen LogP contribution in [0.5, 0.6) is 11.5 Å². The second kappa shape index (κ2) is 11.2. The number of hydrogen-bond donors (Lipinski definition) is 1. The summed E-state index contributed by atoms with van der Waals surface area (Å²) in [7, 11) is 1.39. The van der Waals surface area contributed by atoms with E-state index in [-0.39, 0.29) is 18.0 Å². The SMILES string of the molecule is COC(Cc1ccc(OC2CCC(Oc3ccccc3C(C)=O)C2)cc1)C(=O)O.c1cc2ccc1-2. The van der Waals surface area contributed by atoms with E-state index in [2.05, 4.69) is 24.3 Å². The van der Waals surface area contributed by atoms with Crippen molar-refractivity contribution in [2.45, 2.75) is 50.9 Å². The van der Waals surface area contributed by atoms with Crippen LogP contribution < -0.4 is 9.47 Å². The highest BCUT2D eigenvalue weighted by Gasteiger charge is 2.28. The van der Waals surface area contributed by atoms with Crippen molar-refractivity contribution in [3.05, 3.63) is 83.9 Å². The quantitative estimate of drug-likeness (QED) is 0.319. The van der Waals surface area contributed by atoms with E-state index >= 15 is 0 Å². The molecule has 0 radical (unpaired) electrons. The van der Waals surface area contributed by atoms with Crippen molar-refractivity contribution < 1.29 is 28.9 Å². The van der Waals surface area contributed by atoms with Crippen LogP contribution in [0.1, 0.15) is 42.1 Å². The van der Waals surface area contributed by atoms with Crippen molar-refractivity contribution in [2.24, 2.45) is 0 Å². The first-order chi connectivity index (χ1) is 16.9. The molecule has 1 saturated carbocycles. The first-order valence-corrected chi connectivity index (χ1v) is 11.8. The van der Waals surface area contributed by atoms with Gasteiger partial charge >= 0.3 is 5.97 Å². The molecule has 3 unspecified atom stereocenters.